The fourth-order valence-electron chi connectivity index (χ4n) is 2.06. The van der Waals surface area contributed by atoms with Gasteiger partial charge in [-0.15, -0.1) is 0 Å². The summed E-state index contributed by atoms with van der Waals surface area (Å²) in [6, 6.07) is 0. The number of hydrogen-bond donors (Lipinski definition) is 1. The van der Waals surface area contributed by atoms with Crippen LogP contribution < -0.4 is 0 Å². The summed E-state index contributed by atoms with van der Waals surface area (Å²) >= 11 is 0. The van der Waals surface area contributed by atoms with Crippen molar-refractivity contribution in [2.45, 2.75) is 46.1 Å². The summed E-state index contributed by atoms with van der Waals surface area (Å²) in [6.07, 6.45) is 2.18. The second-order valence-corrected chi connectivity index (χ2v) is 4.18. The largest absolute Gasteiger partial charge is 0.392 e. The molecule has 0 amide bonds. The zero-order valence-corrected chi connectivity index (χ0v) is 8.13. The molecule has 0 saturated heterocycles. The quantitative estimate of drug-likeness (QED) is 0.651. The molecule has 1 saturated carbocycles. The average Bonchev–Trinajstić information content (AvgIpc) is 1.99. The number of hydrogen-bond acceptors (Lipinski definition) is 2. The highest BCUT2D eigenvalue weighted by Gasteiger charge is 2.44. The lowest BCUT2D eigenvalue weighted by Gasteiger charge is -2.40. The van der Waals surface area contributed by atoms with Gasteiger partial charge in [-0.25, -0.2) is 0 Å². The van der Waals surface area contributed by atoms with Gasteiger partial charge in [0, 0.05) is 6.42 Å². The smallest absolute Gasteiger partial charge is 0.141 e. The van der Waals surface area contributed by atoms with Crippen molar-refractivity contribution in [2.75, 3.05) is 0 Å². The molecule has 0 heterocycles. The fraction of sp³-hybridized carbons (Fsp3) is 0.900. The van der Waals surface area contributed by atoms with Crippen molar-refractivity contribution in [1.82, 2.24) is 0 Å². The highest BCUT2D eigenvalue weighted by Crippen LogP contribution is 2.40. The van der Waals surface area contributed by atoms with Crippen molar-refractivity contribution in [2.24, 2.45) is 11.3 Å². The third kappa shape index (κ3) is 1.28. The molecule has 70 valence electrons. The van der Waals surface area contributed by atoms with E-state index in [2.05, 4.69) is 6.92 Å². The predicted octanol–water partition coefficient (Wildman–Crippen LogP) is 1.76. The SMILES string of the molecule is CC(O)C1(C)C(=O)CCCC1C. The molecule has 1 rings (SSSR count). The third-order valence-electron chi connectivity index (χ3n) is 3.53. The molecule has 1 aliphatic carbocycles. The van der Waals surface area contributed by atoms with Crippen LogP contribution in [0.4, 0.5) is 0 Å². The number of ketones is 1. The molecule has 0 aromatic heterocycles. The van der Waals surface area contributed by atoms with E-state index in [1.807, 2.05) is 6.92 Å². The molecule has 0 bridgehead atoms. The van der Waals surface area contributed by atoms with Crippen LogP contribution in [0.15, 0.2) is 0 Å². The minimum atomic E-state index is -0.514. The molecule has 1 aliphatic rings. The predicted molar refractivity (Wildman–Crippen MR) is 47.8 cm³/mol. The molecule has 12 heavy (non-hydrogen) atoms. The van der Waals surface area contributed by atoms with Crippen molar-refractivity contribution in [1.29, 1.82) is 0 Å². The van der Waals surface area contributed by atoms with E-state index in [4.69, 9.17) is 0 Å². The Balaban J connectivity index is 2.88. The van der Waals surface area contributed by atoms with Gasteiger partial charge in [0.1, 0.15) is 5.78 Å². The molecule has 0 aromatic carbocycles. The van der Waals surface area contributed by atoms with Gasteiger partial charge in [0.15, 0.2) is 0 Å². The Hall–Kier alpha value is -0.370. The van der Waals surface area contributed by atoms with Gasteiger partial charge in [-0.05, 0) is 32.6 Å². The molecule has 1 fully saturated rings. The van der Waals surface area contributed by atoms with Crippen LogP contribution in [-0.2, 0) is 4.79 Å². The standard InChI is InChI=1S/C10H18O2/c1-7-5-4-6-9(12)10(7,3)8(2)11/h7-8,11H,4-6H2,1-3H3. The van der Waals surface area contributed by atoms with Gasteiger partial charge in [0.2, 0.25) is 0 Å². The van der Waals surface area contributed by atoms with Gasteiger partial charge < -0.3 is 5.11 Å². The molecule has 0 radical (unpaired) electrons. The summed E-state index contributed by atoms with van der Waals surface area (Å²) < 4.78 is 0. The van der Waals surface area contributed by atoms with Crippen molar-refractivity contribution in [3.8, 4) is 0 Å². The Morgan fingerprint density at radius 1 is 1.67 bits per heavy atom. The molecule has 3 unspecified atom stereocenters. The van der Waals surface area contributed by atoms with Gasteiger partial charge >= 0.3 is 0 Å². The second kappa shape index (κ2) is 3.17. The minimum absolute atomic E-state index is 0.233. The first-order valence-electron chi connectivity index (χ1n) is 4.71. The number of aliphatic hydroxyl groups excluding tert-OH is 1. The Kier molecular flexibility index (Phi) is 2.57. The fourth-order valence-corrected chi connectivity index (χ4v) is 2.06. The summed E-state index contributed by atoms with van der Waals surface area (Å²) in [5.41, 5.74) is -0.488. The summed E-state index contributed by atoms with van der Waals surface area (Å²) in [4.78, 5) is 11.6. The van der Waals surface area contributed by atoms with Crippen LogP contribution in [-0.4, -0.2) is 17.0 Å². The first-order chi connectivity index (χ1) is 5.49. The Labute approximate surface area is 74.0 Å². The van der Waals surface area contributed by atoms with Crippen LogP contribution in [0.2, 0.25) is 0 Å². The van der Waals surface area contributed by atoms with Crippen LogP contribution >= 0.6 is 0 Å². The van der Waals surface area contributed by atoms with E-state index in [0.29, 0.717) is 12.3 Å². The van der Waals surface area contributed by atoms with E-state index in [9.17, 15) is 9.90 Å². The average molecular weight is 170 g/mol. The van der Waals surface area contributed by atoms with E-state index in [0.717, 1.165) is 12.8 Å². The monoisotopic (exact) mass is 170 g/mol. The lowest BCUT2D eigenvalue weighted by molar-refractivity contribution is -0.141. The van der Waals surface area contributed by atoms with Gasteiger partial charge in [-0.3, -0.25) is 4.79 Å². The van der Waals surface area contributed by atoms with E-state index < -0.39 is 11.5 Å². The normalized spacial score (nSPS) is 39.7. The molecule has 2 heteroatoms. The Morgan fingerprint density at radius 2 is 2.25 bits per heavy atom. The van der Waals surface area contributed by atoms with Crippen molar-refractivity contribution >= 4 is 5.78 Å². The zero-order valence-electron chi connectivity index (χ0n) is 8.13. The maximum absolute atomic E-state index is 11.6. The summed E-state index contributed by atoms with van der Waals surface area (Å²) in [7, 11) is 0. The third-order valence-corrected chi connectivity index (χ3v) is 3.53. The van der Waals surface area contributed by atoms with Crippen molar-refractivity contribution < 1.29 is 9.90 Å². The maximum atomic E-state index is 11.6. The van der Waals surface area contributed by atoms with Crippen LogP contribution in [0.1, 0.15) is 40.0 Å². The number of rotatable bonds is 1. The zero-order chi connectivity index (χ0) is 9.35. The lowest BCUT2D eigenvalue weighted by Crippen LogP contribution is -2.46. The van der Waals surface area contributed by atoms with E-state index in [1.165, 1.54) is 0 Å². The van der Waals surface area contributed by atoms with Gasteiger partial charge in [0.25, 0.3) is 0 Å². The number of Topliss-reactive ketones (excluding diaryl/α,β-unsaturated/α-hetero) is 1. The molecule has 0 spiro atoms. The van der Waals surface area contributed by atoms with E-state index >= 15 is 0 Å². The van der Waals surface area contributed by atoms with Crippen molar-refractivity contribution in [3.63, 3.8) is 0 Å². The van der Waals surface area contributed by atoms with Gasteiger partial charge in [-0.1, -0.05) is 6.92 Å². The van der Waals surface area contributed by atoms with E-state index in [1.54, 1.807) is 6.92 Å². The molecule has 2 nitrogen and oxygen atoms in total. The summed E-state index contributed by atoms with van der Waals surface area (Å²) in [5.74, 6) is 0.551. The number of carbonyl (C=O) groups excluding carboxylic acids is 1. The van der Waals surface area contributed by atoms with Crippen molar-refractivity contribution in [3.05, 3.63) is 0 Å². The van der Waals surface area contributed by atoms with Gasteiger partial charge in [0.05, 0.1) is 11.5 Å². The molecular weight excluding hydrogens is 152 g/mol. The minimum Gasteiger partial charge on any atom is -0.392 e. The first-order valence-corrected chi connectivity index (χ1v) is 4.71. The van der Waals surface area contributed by atoms with Gasteiger partial charge in [-0.2, -0.15) is 0 Å². The van der Waals surface area contributed by atoms with Crippen LogP contribution in [0.5, 0.6) is 0 Å². The number of carbonyl (C=O) groups is 1. The maximum Gasteiger partial charge on any atom is 0.141 e. The Morgan fingerprint density at radius 3 is 2.58 bits per heavy atom. The Bertz CT molecular complexity index is 186. The first kappa shape index (κ1) is 9.72. The highest BCUT2D eigenvalue weighted by atomic mass is 16.3. The highest BCUT2D eigenvalue weighted by molar-refractivity contribution is 5.86. The lowest BCUT2D eigenvalue weighted by atomic mass is 9.64. The van der Waals surface area contributed by atoms with Crippen LogP contribution in [0.25, 0.3) is 0 Å². The second-order valence-electron chi connectivity index (χ2n) is 4.18. The molecule has 3 atom stereocenters. The molecule has 0 aliphatic heterocycles. The van der Waals surface area contributed by atoms with Crippen LogP contribution in [0, 0.1) is 11.3 Å². The number of aliphatic hydroxyl groups is 1. The summed E-state index contributed by atoms with van der Waals surface area (Å²) in [5, 5.41) is 9.56. The van der Waals surface area contributed by atoms with Crippen LogP contribution in [0.3, 0.4) is 0 Å². The molecule has 1 N–H and O–H groups in total. The summed E-state index contributed by atoms with van der Waals surface area (Å²) in [6.45, 7) is 5.67. The molecular formula is C10H18O2. The van der Waals surface area contributed by atoms with E-state index in [-0.39, 0.29) is 5.78 Å². The topological polar surface area (TPSA) is 37.3 Å². The molecule has 0 aromatic rings.